The summed E-state index contributed by atoms with van der Waals surface area (Å²) in [7, 11) is 1.51. The number of nitrogens with one attached hydrogen (secondary N) is 2. The lowest BCUT2D eigenvalue weighted by Gasteiger charge is -2.61. The number of anilines is 1. The topological polar surface area (TPSA) is 83.8 Å². The molecule has 0 amide bonds. The molecule has 230 valence electrons. The summed E-state index contributed by atoms with van der Waals surface area (Å²) in [4.78, 5) is 25.9. The van der Waals surface area contributed by atoms with Crippen LogP contribution < -0.4 is 20.9 Å². The van der Waals surface area contributed by atoms with E-state index in [4.69, 9.17) is 9.73 Å². The van der Waals surface area contributed by atoms with E-state index in [-0.39, 0.29) is 17.4 Å². The van der Waals surface area contributed by atoms with Gasteiger partial charge in [-0.3, -0.25) is 9.36 Å². The number of halogens is 1. The maximum atomic E-state index is 14.6. The first-order valence-electron chi connectivity index (χ1n) is 15.7. The van der Waals surface area contributed by atoms with Crippen LogP contribution >= 0.6 is 0 Å². The monoisotopic (exact) mass is 588 g/mol. The molecule has 4 fully saturated rings. The number of hydrogen-bond acceptors (Lipinski definition) is 5. The number of benzene rings is 2. The lowest BCUT2D eigenvalue weighted by Crippen LogP contribution is -2.57. The summed E-state index contributed by atoms with van der Waals surface area (Å²) in [5.41, 5.74) is 2.29. The minimum Gasteiger partial charge on any atom is -0.497 e. The molecule has 2 aromatic carbocycles. The summed E-state index contributed by atoms with van der Waals surface area (Å²) in [5.74, 6) is 3.04. The molecule has 3 saturated carbocycles. The maximum Gasteiger partial charge on any atom is 0.261 e. The van der Waals surface area contributed by atoms with E-state index in [1.807, 2.05) is 25.1 Å². The Labute approximate surface area is 253 Å². The van der Waals surface area contributed by atoms with Crippen molar-refractivity contribution < 1.29 is 9.13 Å². The van der Waals surface area contributed by atoms with Gasteiger partial charge < -0.3 is 20.3 Å². The molecule has 2 bridgehead atoms. The molecule has 9 heteroatoms. The first kappa shape index (κ1) is 29.6. The van der Waals surface area contributed by atoms with Gasteiger partial charge in [-0.2, -0.15) is 0 Å². The highest BCUT2D eigenvalue weighted by Crippen LogP contribution is 2.61. The van der Waals surface area contributed by atoms with E-state index in [1.54, 1.807) is 23.0 Å². The van der Waals surface area contributed by atoms with Crippen molar-refractivity contribution in [3.05, 3.63) is 64.5 Å². The van der Waals surface area contributed by atoms with Crippen molar-refractivity contribution in [1.82, 2.24) is 19.8 Å². The first-order valence-corrected chi connectivity index (χ1v) is 15.7. The van der Waals surface area contributed by atoms with Gasteiger partial charge in [-0.25, -0.2) is 14.4 Å². The van der Waals surface area contributed by atoms with Gasteiger partial charge in [0.1, 0.15) is 11.6 Å². The third kappa shape index (κ3) is 5.64. The van der Waals surface area contributed by atoms with Crippen LogP contribution in [0.5, 0.6) is 5.75 Å². The molecular weight excluding hydrogens is 543 g/mol. The quantitative estimate of drug-likeness (QED) is 0.293. The van der Waals surface area contributed by atoms with Crippen LogP contribution in [-0.4, -0.2) is 59.2 Å². The molecule has 1 saturated heterocycles. The standard InChI is InChI=1S/C34H45FN6O2/c1-20-18-40(12-11-36-20)33(39-30-15-24-14-28(22(30)3)34(24,4)5)38-25-8-10-27-31(16-25)37-19-41(32(27)42)21(2)13-23-7-9-26(43-6)17-29(23)35/h7-10,16-17,19-22,24,28,30,36H,11-15,18H2,1-6H3,(H,38,39)/t20-,21+,22-,24+,28-,30-/m0/s1. The van der Waals surface area contributed by atoms with Crippen LogP contribution in [0.2, 0.25) is 0 Å². The van der Waals surface area contributed by atoms with Crippen LogP contribution in [-0.2, 0) is 6.42 Å². The Kier molecular flexibility index (Phi) is 7.96. The van der Waals surface area contributed by atoms with Gasteiger partial charge in [0.2, 0.25) is 0 Å². The summed E-state index contributed by atoms with van der Waals surface area (Å²) in [6.07, 6.45) is 4.40. The van der Waals surface area contributed by atoms with Gasteiger partial charge in [-0.15, -0.1) is 0 Å². The Hall–Kier alpha value is -3.46. The molecule has 0 radical (unpaired) electrons. The highest BCUT2D eigenvalue weighted by molar-refractivity contribution is 5.96. The fraction of sp³-hybridized carbons (Fsp3) is 0.559. The van der Waals surface area contributed by atoms with Crippen LogP contribution in [0.1, 0.15) is 59.1 Å². The third-order valence-electron chi connectivity index (χ3n) is 10.6. The van der Waals surface area contributed by atoms with E-state index in [2.05, 4.69) is 48.2 Å². The molecule has 2 N–H and O–H groups in total. The zero-order chi connectivity index (χ0) is 30.5. The van der Waals surface area contributed by atoms with Crippen molar-refractivity contribution in [2.24, 2.45) is 28.2 Å². The van der Waals surface area contributed by atoms with Crippen LogP contribution in [0.4, 0.5) is 10.1 Å². The summed E-state index contributed by atoms with van der Waals surface area (Å²) < 4.78 is 21.3. The summed E-state index contributed by atoms with van der Waals surface area (Å²) in [6, 6.07) is 10.9. The minimum absolute atomic E-state index is 0.138. The van der Waals surface area contributed by atoms with Crippen LogP contribution in [0.15, 0.2) is 52.5 Å². The zero-order valence-electron chi connectivity index (χ0n) is 26.2. The average Bonchev–Trinajstić information content (AvgIpc) is 2.98. The highest BCUT2D eigenvalue weighted by atomic mass is 19.1. The zero-order valence-corrected chi connectivity index (χ0v) is 26.2. The van der Waals surface area contributed by atoms with Crippen molar-refractivity contribution >= 4 is 22.5 Å². The van der Waals surface area contributed by atoms with E-state index in [0.717, 1.165) is 49.5 Å². The van der Waals surface area contributed by atoms with Crippen molar-refractivity contribution in [2.45, 2.75) is 72.0 Å². The molecule has 6 atom stereocenters. The van der Waals surface area contributed by atoms with E-state index in [0.29, 0.717) is 52.1 Å². The lowest BCUT2D eigenvalue weighted by molar-refractivity contribution is -0.108. The van der Waals surface area contributed by atoms with Gasteiger partial charge in [-0.05, 0) is 86.1 Å². The molecule has 4 aliphatic rings. The molecule has 1 aromatic heterocycles. The summed E-state index contributed by atoms with van der Waals surface area (Å²) in [5, 5.41) is 7.71. The number of nitrogens with zero attached hydrogens (tertiary/aromatic N) is 4. The molecule has 43 heavy (non-hydrogen) atoms. The van der Waals surface area contributed by atoms with Crippen LogP contribution in [0.25, 0.3) is 10.9 Å². The van der Waals surface area contributed by atoms with Crippen molar-refractivity contribution in [2.75, 3.05) is 32.1 Å². The van der Waals surface area contributed by atoms with Gasteiger partial charge in [0.05, 0.1) is 30.4 Å². The van der Waals surface area contributed by atoms with Gasteiger partial charge >= 0.3 is 0 Å². The van der Waals surface area contributed by atoms with Crippen molar-refractivity contribution in [1.29, 1.82) is 0 Å². The largest absolute Gasteiger partial charge is 0.497 e. The number of aromatic nitrogens is 2. The second kappa shape index (κ2) is 11.6. The van der Waals surface area contributed by atoms with Gasteiger partial charge in [0.15, 0.2) is 5.96 Å². The molecule has 3 aliphatic carbocycles. The van der Waals surface area contributed by atoms with E-state index < -0.39 is 0 Å². The van der Waals surface area contributed by atoms with Gasteiger partial charge in [0.25, 0.3) is 5.56 Å². The SMILES string of the molecule is COc1ccc(C[C@@H](C)n2cnc3cc(NC(=N[C@H]4C[C@H]5C[C@@H]([C@@H]4C)C5(C)C)N4CCN[C@@H](C)C4)ccc3c2=O)c(F)c1. The Balaban J connectivity index is 1.24. The number of hydrogen-bond donors (Lipinski definition) is 2. The van der Waals surface area contributed by atoms with Crippen molar-refractivity contribution in [3.63, 3.8) is 0 Å². The average molecular weight is 589 g/mol. The molecule has 0 unspecified atom stereocenters. The lowest BCUT2D eigenvalue weighted by atomic mass is 9.45. The van der Waals surface area contributed by atoms with E-state index >= 15 is 0 Å². The first-order chi connectivity index (χ1) is 20.5. The molecule has 0 spiro atoms. The van der Waals surface area contributed by atoms with E-state index in [9.17, 15) is 9.18 Å². The molecule has 2 heterocycles. The molecule has 3 aromatic rings. The number of methoxy groups -OCH3 is 1. The predicted octanol–water partition coefficient (Wildman–Crippen LogP) is 5.48. The second-order valence-corrected chi connectivity index (χ2v) is 13.6. The second-order valence-electron chi connectivity index (χ2n) is 13.6. The maximum absolute atomic E-state index is 14.6. The molecule has 1 aliphatic heterocycles. The van der Waals surface area contributed by atoms with Gasteiger partial charge in [0, 0.05) is 43.5 Å². The summed E-state index contributed by atoms with van der Waals surface area (Å²) >= 11 is 0. The van der Waals surface area contributed by atoms with Crippen molar-refractivity contribution in [3.8, 4) is 5.75 Å². The predicted molar refractivity (Wildman–Crippen MR) is 170 cm³/mol. The molecule has 8 nitrogen and oxygen atoms in total. The minimum atomic E-state index is -0.344. The fourth-order valence-corrected chi connectivity index (χ4v) is 7.66. The van der Waals surface area contributed by atoms with Crippen LogP contribution in [0.3, 0.4) is 0 Å². The molecular formula is C34H45FN6O2. The Bertz CT molecular complexity index is 1580. The van der Waals surface area contributed by atoms with Gasteiger partial charge in [-0.1, -0.05) is 26.8 Å². The number of rotatable bonds is 6. The third-order valence-corrected chi connectivity index (χ3v) is 10.6. The normalized spacial score (nSPS) is 27.5. The fourth-order valence-electron chi connectivity index (χ4n) is 7.66. The number of guanidine groups is 1. The number of ether oxygens (including phenoxy) is 1. The molecule has 7 rings (SSSR count). The number of aliphatic imine (C=N–C) groups is 1. The Morgan fingerprint density at radius 1 is 1.23 bits per heavy atom. The van der Waals surface area contributed by atoms with E-state index in [1.165, 1.54) is 19.6 Å². The van der Waals surface area contributed by atoms with Crippen LogP contribution in [0, 0.1) is 29.0 Å². The smallest absolute Gasteiger partial charge is 0.261 e. The Morgan fingerprint density at radius 2 is 2.05 bits per heavy atom. The number of piperazine rings is 1. The Morgan fingerprint density at radius 3 is 2.74 bits per heavy atom. The summed E-state index contributed by atoms with van der Waals surface area (Å²) in [6.45, 7) is 14.0. The highest BCUT2D eigenvalue weighted by Gasteiger charge is 2.56. The number of fused-ring (bicyclic) bond motifs is 3.